The molecule has 1 aromatic carbocycles. The molecule has 1 aliphatic heterocycles. The van der Waals surface area contributed by atoms with Crippen LogP contribution in [0.1, 0.15) is 18.9 Å². The molecule has 18 heavy (non-hydrogen) atoms. The Bertz CT molecular complexity index is 415. The summed E-state index contributed by atoms with van der Waals surface area (Å²) in [4.78, 5) is 2.16. The number of para-hydroxylation sites is 1. The van der Waals surface area contributed by atoms with Crippen molar-refractivity contribution in [2.45, 2.75) is 32.6 Å². The number of hydrogen-bond donors (Lipinski definition) is 1. The first kappa shape index (κ1) is 13.1. The molecule has 0 saturated carbocycles. The molecular weight excluding hydrogens is 226 g/mol. The Labute approximate surface area is 109 Å². The molecule has 3 heteroatoms. The summed E-state index contributed by atoms with van der Waals surface area (Å²) in [5.41, 5.74) is 1.09. The minimum Gasteiger partial charge on any atom is -0.472 e. The lowest BCUT2D eigenvalue weighted by molar-refractivity contribution is -0.0544. The highest BCUT2D eigenvalue weighted by Crippen LogP contribution is 2.21. The fourth-order valence-electron chi connectivity index (χ4n) is 2.19. The van der Waals surface area contributed by atoms with E-state index in [1.807, 2.05) is 31.2 Å². The Balaban J connectivity index is 2.11. The molecule has 98 valence electrons. The summed E-state index contributed by atoms with van der Waals surface area (Å²) in [6.07, 6.45) is 4.51. The van der Waals surface area contributed by atoms with E-state index in [0.717, 1.165) is 30.8 Å². The smallest absolute Gasteiger partial charge is 0.178 e. The van der Waals surface area contributed by atoms with Gasteiger partial charge >= 0.3 is 0 Å². The van der Waals surface area contributed by atoms with Crippen molar-refractivity contribution in [1.29, 1.82) is 0 Å². The monoisotopic (exact) mass is 247 g/mol. The van der Waals surface area contributed by atoms with Crippen LogP contribution in [-0.2, 0) is 0 Å². The van der Waals surface area contributed by atoms with Crippen molar-refractivity contribution in [1.82, 2.24) is 4.90 Å². The van der Waals surface area contributed by atoms with E-state index in [1.54, 1.807) is 6.92 Å². The van der Waals surface area contributed by atoms with E-state index in [-0.39, 0.29) is 6.23 Å². The normalized spacial score (nSPS) is 19.5. The van der Waals surface area contributed by atoms with Crippen LogP contribution in [0.15, 0.2) is 36.4 Å². The van der Waals surface area contributed by atoms with E-state index in [0.29, 0.717) is 0 Å². The van der Waals surface area contributed by atoms with Crippen LogP contribution < -0.4 is 4.74 Å². The minimum absolute atomic E-state index is 0.281. The van der Waals surface area contributed by atoms with Crippen molar-refractivity contribution in [2.75, 3.05) is 13.1 Å². The van der Waals surface area contributed by atoms with E-state index >= 15 is 0 Å². The van der Waals surface area contributed by atoms with Gasteiger partial charge in [-0.1, -0.05) is 30.4 Å². The van der Waals surface area contributed by atoms with Crippen LogP contribution in [0, 0.1) is 6.92 Å². The lowest BCUT2D eigenvalue weighted by Crippen LogP contribution is -2.47. The highest BCUT2D eigenvalue weighted by molar-refractivity contribution is 5.32. The van der Waals surface area contributed by atoms with E-state index < -0.39 is 6.10 Å². The second-order valence-electron chi connectivity index (χ2n) is 4.77. The van der Waals surface area contributed by atoms with Gasteiger partial charge in [0.15, 0.2) is 6.23 Å². The van der Waals surface area contributed by atoms with Gasteiger partial charge in [0, 0.05) is 13.1 Å². The molecule has 0 bridgehead atoms. The van der Waals surface area contributed by atoms with Crippen molar-refractivity contribution in [3.8, 4) is 5.75 Å². The highest BCUT2D eigenvalue weighted by atomic mass is 16.5. The van der Waals surface area contributed by atoms with Crippen LogP contribution in [0.4, 0.5) is 0 Å². The summed E-state index contributed by atoms with van der Waals surface area (Å²) in [6, 6.07) is 7.91. The molecule has 0 saturated heterocycles. The van der Waals surface area contributed by atoms with Crippen LogP contribution in [-0.4, -0.2) is 35.4 Å². The molecule has 3 nitrogen and oxygen atoms in total. The van der Waals surface area contributed by atoms with E-state index in [1.165, 1.54) is 0 Å². The molecule has 0 fully saturated rings. The first-order valence-electron chi connectivity index (χ1n) is 6.48. The molecule has 0 amide bonds. The van der Waals surface area contributed by atoms with Crippen LogP contribution >= 0.6 is 0 Å². The Morgan fingerprint density at radius 3 is 2.67 bits per heavy atom. The predicted octanol–water partition coefficient (Wildman–Crippen LogP) is 2.34. The number of aliphatic hydroxyl groups is 1. The molecule has 2 unspecified atom stereocenters. The maximum atomic E-state index is 9.93. The maximum absolute atomic E-state index is 9.93. The molecule has 1 aromatic rings. The minimum atomic E-state index is -0.517. The molecular formula is C15H21NO2. The van der Waals surface area contributed by atoms with Gasteiger partial charge in [-0.3, -0.25) is 4.90 Å². The molecule has 0 radical (unpaired) electrons. The van der Waals surface area contributed by atoms with Crippen molar-refractivity contribution in [3.63, 3.8) is 0 Å². The number of rotatable bonds is 4. The summed E-state index contributed by atoms with van der Waals surface area (Å²) in [7, 11) is 0. The van der Waals surface area contributed by atoms with Crippen LogP contribution in [0.3, 0.4) is 0 Å². The Morgan fingerprint density at radius 1 is 1.28 bits per heavy atom. The summed E-state index contributed by atoms with van der Waals surface area (Å²) in [5, 5.41) is 9.93. The van der Waals surface area contributed by atoms with Gasteiger partial charge in [-0.25, -0.2) is 0 Å². The maximum Gasteiger partial charge on any atom is 0.178 e. The molecule has 1 N–H and O–H groups in total. The quantitative estimate of drug-likeness (QED) is 0.829. The molecule has 0 spiro atoms. The number of benzene rings is 1. The molecule has 2 atom stereocenters. The van der Waals surface area contributed by atoms with E-state index in [4.69, 9.17) is 4.74 Å². The second-order valence-corrected chi connectivity index (χ2v) is 4.77. The molecule has 2 rings (SSSR count). The van der Waals surface area contributed by atoms with Gasteiger partial charge in [0.05, 0.1) is 0 Å². The largest absolute Gasteiger partial charge is 0.472 e. The lowest BCUT2D eigenvalue weighted by Gasteiger charge is -2.34. The van der Waals surface area contributed by atoms with Gasteiger partial charge in [0.2, 0.25) is 0 Å². The fourth-order valence-corrected chi connectivity index (χ4v) is 2.19. The number of nitrogens with zero attached hydrogens (tertiary/aromatic N) is 1. The zero-order chi connectivity index (χ0) is 13.0. The summed E-state index contributed by atoms with van der Waals surface area (Å²) in [5.74, 6) is 0.845. The van der Waals surface area contributed by atoms with Crippen LogP contribution in [0.25, 0.3) is 0 Å². The lowest BCUT2D eigenvalue weighted by atomic mass is 10.2. The fraction of sp³-hybridized carbons (Fsp3) is 0.467. The number of ether oxygens (including phenoxy) is 1. The third kappa shape index (κ3) is 3.12. The first-order chi connectivity index (χ1) is 8.68. The second kappa shape index (κ2) is 6.03. The molecule has 1 aliphatic rings. The zero-order valence-electron chi connectivity index (χ0n) is 11.0. The number of aliphatic hydroxyl groups excluding tert-OH is 1. The average Bonchev–Trinajstić information content (AvgIpc) is 2.38. The molecule has 0 aliphatic carbocycles. The Hall–Kier alpha value is -1.32. The topological polar surface area (TPSA) is 32.7 Å². The SMILES string of the molecule is Cc1ccccc1OC(C(C)O)N1CC=CCC1. The van der Waals surface area contributed by atoms with E-state index in [2.05, 4.69) is 17.1 Å². The number of aryl methyl sites for hydroxylation is 1. The summed E-state index contributed by atoms with van der Waals surface area (Å²) in [6.45, 7) is 5.56. The molecule has 0 aromatic heterocycles. The standard InChI is InChI=1S/C15H21NO2/c1-12-8-4-5-9-14(12)18-15(13(2)17)16-10-6-3-7-11-16/h3-6,8-9,13,15,17H,7,10-11H2,1-2H3. The first-order valence-corrected chi connectivity index (χ1v) is 6.48. The highest BCUT2D eigenvalue weighted by Gasteiger charge is 2.25. The van der Waals surface area contributed by atoms with Crippen molar-refractivity contribution in [2.24, 2.45) is 0 Å². The Morgan fingerprint density at radius 2 is 2.06 bits per heavy atom. The predicted molar refractivity (Wildman–Crippen MR) is 72.6 cm³/mol. The van der Waals surface area contributed by atoms with Crippen molar-refractivity contribution >= 4 is 0 Å². The van der Waals surface area contributed by atoms with Crippen LogP contribution in [0.5, 0.6) is 5.75 Å². The number of hydrogen-bond acceptors (Lipinski definition) is 3. The van der Waals surface area contributed by atoms with Gasteiger partial charge in [-0.15, -0.1) is 0 Å². The average molecular weight is 247 g/mol. The van der Waals surface area contributed by atoms with Gasteiger partial charge in [-0.05, 0) is 31.9 Å². The molecule has 1 heterocycles. The van der Waals surface area contributed by atoms with Crippen LogP contribution in [0.2, 0.25) is 0 Å². The summed E-state index contributed by atoms with van der Waals surface area (Å²) >= 11 is 0. The van der Waals surface area contributed by atoms with Crippen molar-refractivity contribution < 1.29 is 9.84 Å². The Kier molecular flexibility index (Phi) is 4.39. The van der Waals surface area contributed by atoms with E-state index in [9.17, 15) is 5.11 Å². The zero-order valence-corrected chi connectivity index (χ0v) is 11.0. The van der Waals surface area contributed by atoms with Crippen molar-refractivity contribution in [3.05, 3.63) is 42.0 Å². The van der Waals surface area contributed by atoms with Gasteiger partial charge in [-0.2, -0.15) is 0 Å². The third-order valence-corrected chi connectivity index (χ3v) is 3.20. The summed E-state index contributed by atoms with van der Waals surface area (Å²) < 4.78 is 5.99. The third-order valence-electron chi connectivity index (χ3n) is 3.20. The van der Waals surface area contributed by atoms with Gasteiger partial charge in [0.1, 0.15) is 11.9 Å². The van der Waals surface area contributed by atoms with Gasteiger partial charge < -0.3 is 9.84 Å². The van der Waals surface area contributed by atoms with Gasteiger partial charge in [0.25, 0.3) is 0 Å².